The molecule has 3 aromatic rings. The molecule has 0 unspecified atom stereocenters. The van der Waals surface area contributed by atoms with E-state index in [2.05, 4.69) is 15.6 Å². The predicted octanol–water partition coefficient (Wildman–Crippen LogP) is 3.46. The van der Waals surface area contributed by atoms with Crippen molar-refractivity contribution in [2.24, 2.45) is 10.2 Å². The first-order chi connectivity index (χ1) is 13.8. The van der Waals surface area contributed by atoms with Crippen LogP contribution >= 0.6 is 0 Å². The van der Waals surface area contributed by atoms with Crippen molar-refractivity contribution >= 4 is 17.6 Å². The monoisotopic (exact) mass is 370 g/mol. The second-order valence-electron chi connectivity index (χ2n) is 6.06. The summed E-state index contributed by atoms with van der Waals surface area (Å²) in [6, 6.07) is 26.1. The number of rotatable bonds is 4. The molecule has 0 fully saturated rings. The summed E-state index contributed by atoms with van der Waals surface area (Å²) in [4.78, 5) is 13.4. The van der Waals surface area contributed by atoms with Gasteiger partial charge in [0, 0.05) is 11.1 Å². The first-order valence-electron chi connectivity index (χ1n) is 8.78. The molecule has 28 heavy (non-hydrogen) atoms. The molecule has 0 aliphatic carbocycles. The molecule has 1 heterocycles. The van der Waals surface area contributed by atoms with E-state index in [9.17, 15) is 4.79 Å². The van der Waals surface area contributed by atoms with Crippen LogP contribution in [0.3, 0.4) is 0 Å². The average Bonchev–Trinajstić information content (AvgIpc) is 2.79. The van der Waals surface area contributed by atoms with Gasteiger partial charge in [0.15, 0.2) is 11.7 Å². The number of benzene rings is 3. The van der Waals surface area contributed by atoms with Gasteiger partial charge >= 0.3 is 0 Å². The third kappa shape index (κ3) is 3.35. The molecule has 1 aliphatic heterocycles. The molecule has 0 saturated carbocycles. The van der Waals surface area contributed by atoms with Crippen LogP contribution in [0.5, 0.6) is 5.75 Å². The standard InChI is InChI=1S/C22H18N4O2/c1-28-19-15-9-8-14-18(19)22(27)26-21(17-12-6-3-7-13-17)24-23-20(25-26)16-10-4-2-5-11-16/h2-15H,1H3,(H,23,25). The molecule has 0 radical (unpaired) electrons. The van der Waals surface area contributed by atoms with Crippen molar-refractivity contribution in [3.8, 4) is 5.75 Å². The molecule has 1 amide bonds. The van der Waals surface area contributed by atoms with E-state index in [-0.39, 0.29) is 5.91 Å². The van der Waals surface area contributed by atoms with Gasteiger partial charge in [0.2, 0.25) is 0 Å². The maximum absolute atomic E-state index is 13.4. The Morgan fingerprint density at radius 2 is 1.43 bits per heavy atom. The van der Waals surface area contributed by atoms with Crippen LogP contribution in [-0.2, 0) is 0 Å². The number of nitrogens with zero attached hydrogens (tertiary/aromatic N) is 3. The molecule has 0 bridgehead atoms. The number of ether oxygens (including phenoxy) is 1. The van der Waals surface area contributed by atoms with Crippen LogP contribution in [-0.4, -0.2) is 29.7 Å². The van der Waals surface area contributed by atoms with E-state index in [4.69, 9.17) is 4.74 Å². The zero-order valence-electron chi connectivity index (χ0n) is 15.2. The number of hydrogen-bond donors (Lipinski definition) is 1. The maximum Gasteiger partial charge on any atom is 0.282 e. The Bertz CT molecular complexity index is 1050. The maximum atomic E-state index is 13.4. The van der Waals surface area contributed by atoms with Gasteiger partial charge < -0.3 is 4.74 Å². The minimum absolute atomic E-state index is 0.289. The average molecular weight is 370 g/mol. The van der Waals surface area contributed by atoms with Crippen molar-refractivity contribution in [1.82, 2.24) is 10.4 Å². The van der Waals surface area contributed by atoms with Gasteiger partial charge in [0.05, 0.1) is 12.7 Å². The van der Waals surface area contributed by atoms with Crippen LogP contribution in [0.2, 0.25) is 0 Å². The summed E-state index contributed by atoms with van der Waals surface area (Å²) >= 11 is 0. The van der Waals surface area contributed by atoms with Crippen molar-refractivity contribution in [3.05, 3.63) is 102 Å². The summed E-state index contributed by atoms with van der Waals surface area (Å²) in [5.74, 6) is 1.11. The lowest BCUT2D eigenvalue weighted by Gasteiger charge is -2.28. The third-order valence-corrected chi connectivity index (χ3v) is 4.29. The number of methoxy groups -OCH3 is 1. The van der Waals surface area contributed by atoms with Gasteiger partial charge in [-0.25, -0.2) is 0 Å². The number of amidine groups is 2. The molecule has 3 aromatic carbocycles. The predicted molar refractivity (Wildman–Crippen MR) is 108 cm³/mol. The van der Waals surface area contributed by atoms with E-state index in [0.717, 1.165) is 11.1 Å². The Morgan fingerprint density at radius 1 is 0.821 bits per heavy atom. The van der Waals surface area contributed by atoms with E-state index in [1.165, 1.54) is 5.01 Å². The minimum atomic E-state index is -0.289. The molecular formula is C22H18N4O2. The van der Waals surface area contributed by atoms with E-state index in [0.29, 0.717) is 23.0 Å². The van der Waals surface area contributed by atoms with E-state index in [1.54, 1.807) is 25.3 Å². The molecule has 0 saturated heterocycles. The number of amides is 1. The highest BCUT2D eigenvalue weighted by molar-refractivity contribution is 6.16. The molecule has 1 N–H and O–H groups in total. The molecule has 6 nitrogen and oxygen atoms in total. The third-order valence-electron chi connectivity index (χ3n) is 4.29. The molecule has 1 aliphatic rings. The quantitative estimate of drug-likeness (QED) is 0.765. The van der Waals surface area contributed by atoms with Crippen LogP contribution in [0, 0.1) is 0 Å². The summed E-state index contributed by atoms with van der Waals surface area (Å²) < 4.78 is 5.36. The van der Waals surface area contributed by atoms with Gasteiger partial charge in [-0.15, -0.1) is 10.2 Å². The summed E-state index contributed by atoms with van der Waals surface area (Å²) in [7, 11) is 1.54. The van der Waals surface area contributed by atoms with Gasteiger partial charge in [-0.3, -0.25) is 10.2 Å². The fourth-order valence-electron chi connectivity index (χ4n) is 2.90. The molecule has 6 heteroatoms. The largest absolute Gasteiger partial charge is 0.496 e. The van der Waals surface area contributed by atoms with Gasteiger partial charge in [-0.05, 0) is 12.1 Å². The van der Waals surface area contributed by atoms with E-state index in [1.807, 2.05) is 66.7 Å². The number of carbonyl (C=O) groups excluding carboxylic acids is 1. The Balaban J connectivity index is 1.78. The minimum Gasteiger partial charge on any atom is -0.496 e. The zero-order chi connectivity index (χ0) is 19.3. The van der Waals surface area contributed by atoms with E-state index >= 15 is 0 Å². The van der Waals surface area contributed by atoms with Crippen molar-refractivity contribution in [1.29, 1.82) is 0 Å². The first kappa shape index (κ1) is 17.5. The number of hydrogen-bond acceptors (Lipinski definition) is 5. The Labute approximate surface area is 162 Å². The molecule has 4 rings (SSSR count). The molecule has 138 valence electrons. The summed E-state index contributed by atoms with van der Waals surface area (Å²) in [6.07, 6.45) is 0. The summed E-state index contributed by atoms with van der Waals surface area (Å²) in [5.41, 5.74) is 5.14. The molecule has 0 atom stereocenters. The zero-order valence-corrected chi connectivity index (χ0v) is 15.2. The smallest absolute Gasteiger partial charge is 0.282 e. The Hall–Kier alpha value is -3.93. The SMILES string of the molecule is COc1ccccc1C(=O)N1NC(c2ccccc2)=NN=C1c1ccccc1. The fraction of sp³-hybridized carbons (Fsp3) is 0.0455. The normalized spacial score (nSPS) is 13.2. The molecule has 0 aromatic heterocycles. The lowest BCUT2D eigenvalue weighted by Crippen LogP contribution is -2.52. The number of para-hydroxylation sites is 1. The van der Waals surface area contributed by atoms with Crippen LogP contribution in [0.25, 0.3) is 0 Å². The fourth-order valence-corrected chi connectivity index (χ4v) is 2.90. The number of carbonyl (C=O) groups is 1. The van der Waals surface area contributed by atoms with Crippen LogP contribution < -0.4 is 10.2 Å². The van der Waals surface area contributed by atoms with Crippen LogP contribution in [0.4, 0.5) is 0 Å². The van der Waals surface area contributed by atoms with Crippen LogP contribution in [0.1, 0.15) is 21.5 Å². The Kier molecular flexibility index (Phi) is 4.84. The van der Waals surface area contributed by atoms with Crippen LogP contribution in [0.15, 0.2) is 95.1 Å². The first-order valence-corrected chi connectivity index (χ1v) is 8.78. The lowest BCUT2D eigenvalue weighted by atomic mass is 10.1. The molecule has 0 spiro atoms. The highest BCUT2D eigenvalue weighted by Crippen LogP contribution is 2.21. The summed E-state index contributed by atoms with van der Waals surface area (Å²) in [5, 5.41) is 10.0. The van der Waals surface area contributed by atoms with Gasteiger partial charge in [0.25, 0.3) is 5.91 Å². The van der Waals surface area contributed by atoms with Gasteiger partial charge in [-0.1, -0.05) is 72.8 Å². The number of nitrogens with one attached hydrogen (secondary N) is 1. The highest BCUT2D eigenvalue weighted by Gasteiger charge is 2.29. The lowest BCUT2D eigenvalue weighted by molar-refractivity contribution is 0.0815. The van der Waals surface area contributed by atoms with Crippen molar-refractivity contribution in [2.75, 3.05) is 7.11 Å². The van der Waals surface area contributed by atoms with Crippen molar-refractivity contribution in [2.45, 2.75) is 0 Å². The second kappa shape index (κ2) is 7.75. The van der Waals surface area contributed by atoms with E-state index < -0.39 is 0 Å². The van der Waals surface area contributed by atoms with Crippen molar-refractivity contribution in [3.63, 3.8) is 0 Å². The second-order valence-corrected chi connectivity index (χ2v) is 6.06. The van der Waals surface area contributed by atoms with Gasteiger partial charge in [0.1, 0.15) is 5.75 Å². The van der Waals surface area contributed by atoms with Gasteiger partial charge in [-0.2, -0.15) is 5.01 Å². The Morgan fingerprint density at radius 3 is 2.11 bits per heavy atom. The van der Waals surface area contributed by atoms with Crippen molar-refractivity contribution < 1.29 is 9.53 Å². The highest BCUT2D eigenvalue weighted by atomic mass is 16.5. The summed E-state index contributed by atoms with van der Waals surface area (Å²) in [6.45, 7) is 0. The topological polar surface area (TPSA) is 66.3 Å². The molecular weight excluding hydrogens is 352 g/mol. The number of hydrazine groups is 1.